The average Bonchev–Trinajstić information content (AvgIpc) is 2.82. The highest BCUT2D eigenvalue weighted by molar-refractivity contribution is 5.75. The second-order valence-corrected chi connectivity index (χ2v) is 10.8. The Balaban J connectivity index is 1.00. The van der Waals surface area contributed by atoms with Gasteiger partial charge in [0.1, 0.15) is 11.9 Å². The van der Waals surface area contributed by atoms with Crippen LogP contribution in [0.1, 0.15) is 32.3 Å². The highest BCUT2D eigenvalue weighted by atomic mass is 16.6. The zero-order valence-corrected chi connectivity index (χ0v) is 20.5. The molecule has 0 radical (unpaired) electrons. The standard InChI is InChI=1S/C28H33N5O2/c1-20-16-33(21(2)15-32(20)26-14-29-24-10-6-7-11-25(24)30-26)27(34)35-23-12-28(13-23)18-31(19-28)17-22-8-4-3-5-9-22/h3-11,14,20-21,23H,12-13,15-19H2,1-2H3/t20-,21-/m1/s1. The number of rotatable bonds is 4. The van der Waals surface area contributed by atoms with E-state index >= 15 is 0 Å². The van der Waals surface area contributed by atoms with E-state index < -0.39 is 0 Å². The molecule has 1 spiro atoms. The maximum Gasteiger partial charge on any atom is 0.410 e. The molecule has 6 rings (SSSR count). The lowest BCUT2D eigenvalue weighted by atomic mass is 9.61. The zero-order valence-electron chi connectivity index (χ0n) is 20.5. The van der Waals surface area contributed by atoms with Gasteiger partial charge in [-0.05, 0) is 44.4 Å². The van der Waals surface area contributed by atoms with Crippen molar-refractivity contribution in [2.45, 2.75) is 51.4 Å². The Labute approximate surface area is 206 Å². The predicted molar refractivity (Wildman–Crippen MR) is 136 cm³/mol. The molecule has 3 aliphatic rings. The van der Waals surface area contributed by atoms with Gasteiger partial charge in [-0.3, -0.25) is 9.88 Å². The Bertz CT molecular complexity index is 1200. The van der Waals surface area contributed by atoms with Gasteiger partial charge in [-0.15, -0.1) is 0 Å². The van der Waals surface area contributed by atoms with E-state index in [1.165, 1.54) is 5.56 Å². The van der Waals surface area contributed by atoms with Crippen LogP contribution >= 0.6 is 0 Å². The second kappa shape index (κ2) is 8.79. The third kappa shape index (κ3) is 4.33. The predicted octanol–water partition coefficient (Wildman–Crippen LogP) is 4.33. The summed E-state index contributed by atoms with van der Waals surface area (Å²) in [5, 5.41) is 0. The number of ether oxygens (including phenoxy) is 1. The van der Waals surface area contributed by atoms with E-state index in [-0.39, 0.29) is 24.3 Å². The molecule has 7 heteroatoms. The molecule has 2 aromatic carbocycles. The van der Waals surface area contributed by atoms with Crippen molar-refractivity contribution in [3.63, 3.8) is 0 Å². The Kier molecular flexibility index (Phi) is 5.60. The summed E-state index contributed by atoms with van der Waals surface area (Å²) in [6, 6.07) is 18.7. The fourth-order valence-electron chi connectivity index (χ4n) is 6.10. The Morgan fingerprint density at radius 3 is 2.46 bits per heavy atom. The number of hydrogen-bond donors (Lipinski definition) is 0. The number of para-hydroxylation sites is 2. The minimum Gasteiger partial charge on any atom is -0.446 e. The smallest absolute Gasteiger partial charge is 0.410 e. The highest BCUT2D eigenvalue weighted by Crippen LogP contribution is 2.50. The average molecular weight is 472 g/mol. The molecular formula is C28H33N5O2. The van der Waals surface area contributed by atoms with Gasteiger partial charge in [-0.25, -0.2) is 9.78 Å². The van der Waals surface area contributed by atoms with Gasteiger partial charge in [0.05, 0.1) is 17.2 Å². The molecule has 3 heterocycles. The van der Waals surface area contributed by atoms with Crippen molar-refractivity contribution in [2.75, 3.05) is 31.1 Å². The lowest BCUT2D eigenvalue weighted by molar-refractivity contribution is -0.137. The lowest BCUT2D eigenvalue weighted by Gasteiger charge is -2.58. The molecule has 182 valence electrons. The maximum atomic E-state index is 13.0. The fraction of sp³-hybridized carbons (Fsp3) is 0.464. The summed E-state index contributed by atoms with van der Waals surface area (Å²) >= 11 is 0. The largest absolute Gasteiger partial charge is 0.446 e. The van der Waals surface area contributed by atoms with Crippen molar-refractivity contribution in [3.05, 3.63) is 66.4 Å². The first-order chi connectivity index (χ1) is 17.0. The second-order valence-electron chi connectivity index (χ2n) is 10.8. The van der Waals surface area contributed by atoms with E-state index in [9.17, 15) is 4.79 Å². The van der Waals surface area contributed by atoms with Crippen LogP contribution in [0, 0.1) is 5.41 Å². The van der Waals surface area contributed by atoms with Gasteiger partial charge in [-0.2, -0.15) is 0 Å². The quantitative estimate of drug-likeness (QED) is 0.565. The molecule has 2 aliphatic heterocycles. The summed E-state index contributed by atoms with van der Waals surface area (Å²) in [7, 11) is 0. The molecule has 0 unspecified atom stereocenters. The van der Waals surface area contributed by atoms with Crippen molar-refractivity contribution < 1.29 is 9.53 Å². The number of amides is 1. The summed E-state index contributed by atoms with van der Waals surface area (Å²) in [6.07, 6.45) is 3.69. The molecule has 0 N–H and O–H groups in total. The Morgan fingerprint density at radius 2 is 1.69 bits per heavy atom. The number of nitrogens with zero attached hydrogens (tertiary/aromatic N) is 5. The van der Waals surface area contributed by atoms with E-state index in [0.717, 1.165) is 49.3 Å². The molecule has 2 atom stereocenters. The molecule has 2 saturated heterocycles. The van der Waals surface area contributed by atoms with Crippen molar-refractivity contribution in [1.29, 1.82) is 0 Å². The summed E-state index contributed by atoms with van der Waals surface area (Å²) in [5.74, 6) is 0.863. The van der Waals surface area contributed by atoms with Gasteiger partial charge in [0.2, 0.25) is 0 Å². The number of hydrogen-bond acceptors (Lipinski definition) is 6. The summed E-state index contributed by atoms with van der Waals surface area (Å²) in [4.78, 5) is 29.1. The molecule has 35 heavy (non-hydrogen) atoms. The number of carbonyl (C=O) groups is 1. The first-order valence-corrected chi connectivity index (χ1v) is 12.7. The molecule has 1 aromatic heterocycles. The van der Waals surface area contributed by atoms with Gasteiger partial charge in [0, 0.05) is 50.2 Å². The first-order valence-electron chi connectivity index (χ1n) is 12.7. The number of benzene rings is 2. The number of likely N-dealkylation sites (tertiary alicyclic amines) is 1. The number of anilines is 1. The zero-order chi connectivity index (χ0) is 24.0. The number of aromatic nitrogens is 2. The van der Waals surface area contributed by atoms with Crippen LogP contribution in [0.25, 0.3) is 11.0 Å². The van der Waals surface area contributed by atoms with Gasteiger partial charge in [0.15, 0.2) is 0 Å². The number of carbonyl (C=O) groups excluding carboxylic acids is 1. The van der Waals surface area contributed by atoms with Gasteiger partial charge < -0.3 is 14.5 Å². The Hall–Kier alpha value is -3.19. The van der Waals surface area contributed by atoms with Crippen LogP contribution in [-0.2, 0) is 11.3 Å². The molecule has 3 aromatic rings. The van der Waals surface area contributed by atoms with E-state index in [0.29, 0.717) is 18.5 Å². The maximum absolute atomic E-state index is 13.0. The van der Waals surface area contributed by atoms with E-state index in [1.54, 1.807) is 0 Å². The highest BCUT2D eigenvalue weighted by Gasteiger charge is 2.54. The minimum absolute atomic E-state index is 0.0473. The van der Waals surface area contributed by atoms with E-state index in [4.69, 9.17) is 9.72 Å². The van der Waals surface area contributed by atoms with Crippen LogP contribution in [-0.4, -0.2) is 70.2 Å². The molecule has 1 saturated carbocycles. The minimum atomic E-state index is -0.172. The van der Waals surface area contributed by atoms with Crippen molar-refractivity contribution in [2.24, 2.45) is 5.41 Å². The molecule has 3 fully saturated rings. The van der Waals surface area contributed by atoms with E-state index in [1.807, 2.05) is 35.4 Å². The van der Waals surface area contributed by atoms with Gasteiger partial charge >= 0.3 is 6.09 Å². The van der Waals surface area contributed by atoms with Gasteiger partial charge in [-0.1, -0.05) is 42.5 Å². The van der Waals surface area contributed by atoms with Gasteiger partial charge in [0.25, 0.3) is 0 Å². The normalized spacial score (nSPS) is 24.3. The monoisotopic (exact) mass is 471 g/mol. The fourth-order valence-corrected chi connectivity index (χ4v) is 6.10. The third-order valence-electron chi connectivity index (χ3n) is 7.91. The lowest BCUT2D eigenvalue weighted by Crippen LogP contribution is -2.64. The molecular weight excluding hydrogens is 438 g/mol. The summed E-state index contributed by atoms with van der Waals surface area (Å²) < 4.78 is 5.95. The van der Waals surface area contributed by atoms with Crippen molar-refractivity contribution >= 4 is 22.9 Å². The van der Waals surface area contributed by atoms with Crippen LogP contribution in [0.15, 0.2) is 60.8 Å². The van der Waals surface area contributed by atoms with Crippen LogP contribution in [0.4, 0.5) is 10.6 Å². The van der Waals surface area contributed by atoms with Crippen LogP contribution in [0.5, 0.6) is 0 Å². The van der Waals surface area contributed by atoms with E-state index in [2.05, 4.69) is 59.0 Å². The molecule has 0 bridgehead atoms. The van der Waals surface area contributed by atoms with Crippen LogP contribution < -0.4 is 4.90 Å². The third-order valence-corrected chi connectivity index (χ3v) is 7.91. The molecule has 7 nitrogen and oxygen atoms in total. The summed E-state index contributed by atoms with van der Waals surface area (Å²) in [6.45, 7) is 8.78. The number of fused-ring (bicyclic) bond motifs is 1. The first kappa shape index (κ1) is 22.3. The SMILES string of the molecule is C[C@@H]1CN(c2cnc3ccccc3n2)[C@H](C)CN1C(=O)OC1CC2(C1)CN(Cc1ccccc1)C2. The topological polar surface area (TPSA) is 61.8 Å². The van der Waals surface area contributed by atoms with Crippen molar-refractivity contribution in [1.82, 2.24) is 19.8 Å². The number of piperazine rings is 1. The molecule has 1 amide bonds. The Morgan fingerprint density at radius 1 is 0.971 bits per heavy atom. The summed E-state index contributed by atoms with van der Waals surface area (Å²) in [5.41, 5.74) is 3.50. The molecule has 1 aliphatic carbocycles. The van der Waals surface area contributed by atoms with Crippen LogP contribution in [0.2, 0.25) is 0 Å². The van der Waals surface area contributed by atoms with Crippen LogP contribution in [0.3, 0.4) is 0 Å². The van der Waals surface area contributed by atoms with Crippen molar-refractivity contribution in [3.8, 4) is 0 Å².